The molecule has 2 aliphatic heterocycles. The van der Waals surface area contributed by atoms with Gasteiger partial charge < -0.3 is 45.1 Å². The number of amides is 1. The van der Waals surface area contributed by atoms with Crippen molar-refractivity contribution in [2.75, 3.05) is 72.2 Å². The number of ether oxygens (including phenoxy) is 2. The van der Waals surface area contributed by atoms with Gasteiger partial charge in [0.1, 0.15) is 28.7 Å². The van der Waals surface area contributed by atoms with Gasteiger partial charge in [-0.1, -0.05) is 190 Å². The van der Waals surface area contributed by atoms with Crippen molar-refractivity contribution in [2.24, 2.45) is 16.2 Å². The molecule has 145 heavy (non-hydrogen) atoms. The van der Waals surface area contributed by atoms with E-state index in [2.05, 4.69) is 83.5 Å². The number of nitrogens with zero attached hydrogens (tertiary/aromatic N) is 2. The van der Waals surface area contributed by atoms with E-state index >= 15 is 17.6 Å². The normalized spacial score (nSPS) is 14.7. The number of hydrogen-bond donors (Lipinski definition) is 8. The molecule has 9 aromatic carbocycles. The largest absolute Gasteiger partial charge is 0.748 e. The van der Waals surface area contributed by atoms with Crippen LogP contribution in [0, 0.1) is 40.8 Å². The number of unbranched alkanes of at least 4 members (excludes halogenated alkanes) is 2. The number of primary sulfonamides is 2. The molecular formula is C99H107F6N7O26S7. The topological polar surface area (TPSA) is 538 Å². The van der Waals surface area contributed by atoms with Crippen LogP contribution < -0.4 is 35.9 Å². The molecule has 1 aliphatic carbocycles. The van der Waals surface area contributed by atoms with Crippen molar-refractivity contribution in [2.45, 2.75) is 155 Å². The first kappa shape index (κ1) is 116. The van der Waals surface area contributed by atoms with Gasteiger partial charge in [0.25, 0.3) is 10.1 Å². The van der Waals surface area contributed by atoms with Crippen LogP contribution in [0.1, 0.15) is 161 Å². The number of allylic oxidation sites excluding steroid dienone is 7. The number of para-hydroxylation sites is 2. The maximum absolute atomic E-state index is 16.3. The molecule has 33 nitrogen and oxygen atoms in total. The number of carboxylic acid groups (broad SMARTS) is 2. The number of benzene rings is 9. The summed E-state index contributed by atoms with van der Waals surface area (Å²) >= 11 is 0. The smallest absolute Gasteiger partial charge is 0.425 e. The van der Waals surface area contributed by atoms with Crippen LogP contribution in [-0.4, -0.2) is 177 Å². The molecule has 10 N–H and O–H groups in total. The first-order chi connectivity index (χ1) is 68.2. The highest BCUT2D eigenvalue weighted by atomic mass is 32.2. The fourth-order valence-electron chi connectivity index (χ4n) is 17.1. The molecule has 46 heteroatoms. The highest BCUT2D eigenvalue weighted by Gasteiger charge is 2.46. The molecule has 0 saturated carbocycles. The van der Waals surface area contributed by atoms with Crippen molar-refractivity contribution < 1.29 is 146 Å². The summed E-state index contributed by atoms with van der Waals surface area (Å²) in [6.45, 7) is 8.86. The van der Waals surface area contributed by atoms with Crippen LogP contribution in [0.4, 0.5) is 49.1 Å². The Balaban J connectivity index is 0.000000460. The number of carboxylic acids is 2. The fraction of sp³-hybridized carbons (Fsp3) is 0.323. The summed E-state index contributed by atoms with van der Waals surface area (Å²) in [5.74, 6) is -17.9. The van der Waals surface area contributed by atoms with Gasteiger partial charge in [-0.3, -0.25) is 23.7 Å². The first-order valence-electron chi connectivity index (χ1n) is 45.1. The van der Waals surface area contributed by atoms with E-state index in [1.807, 2.05) is 103 Å². The number of sulfonamides is 2. The second kappa shape index (κ2) is 51.8. The third kappa shape index (κ3) is 32.6. The van der Waals surface area contributed by atoms with Gasteiger partial charge in [-0.15, -0.1) is 25.3 Å². The quantitative estimate of drug-likeness (QED) is 0.00578. The fourth-order valence-corrected chi connectivity index (χ4v) is 21.1. The number of nitrogens with one attached hydrogen (secondary N) is 3. The lowest BCUT2D eigenvalue weighted by Crippen LogP contribution is -2.30. The van der Waals surface area contributed by atoms with Crippen molar-refractivity contribution in [1.82, 2.24) is 5.32 Å². The number of ketones is 1. The first-order valence-corrected chi connectivity index (χ1v) is 55.0. The van der Waals surface area contributed by atoms with E-state index in [9.17, 15) is 84.3 Å². The van der Waals surface area contributed by atoms with Gasteiger partial charge in [-0.05, 0) is 147 Å². The Kier molecular flexibility index (Phi) is 41.4. The van der Waals surface area contributed by atoms with Gasteiger partial charge in [-0.25, -0.2) is 70.3 Å². The maximum atomic E-state index is 16.3. The number of carbonyl (C=O) groups excluding carboxylic acids is 2. The second-order valence-corrected chi connectivity index (χ2v) is 43.7. The summed E-state index contributed by atoms with van der Waals surface area (Å²) in [4.78, 5) is 46.9. The molecule has 9 aromatic rings. The summed E-state index contributed by atoms with van der Waals surface area (Å²) in [6, 6.07) is 56.2. The Morgan fingerprint density at radius 1 is 0.559 bits per heavy atom. The molecule has 0 radical (unpaired) electrons. The molecule has 0 fully saturated rings. The molecule has 12 rings (SSSR count). The van der Waals surface area contributed by atoms with E-state index in [0.29, 0.717) is 67.0 Å². The maximum Gasteiger partial charge on any atom is 0.425 e. The number of sulfone groups is 1. The van der Waals surface area contributed by atoms with E-state index in [-0.39, 0.29) is 89.3 Å². The standard InChI is InChI=1S/C75H84F3N5O16S4.C24H23F3N2O4S.2O3S/c1-74(2)58-26-11-13-28-60(58)82(41-15-17-45-101(90,91)92)62(74)36-32-53-24-19-25-54(33-37-63-75(3,4)59-27-12-14-29-61(59)83(63)42-16-18-46-102(93,94)95)70(53)99-57-34-30-50(31-35-57)48-55(73(86)87)49-56(84)38-43-98-44-40-80-64(85)39-47-100(88,89)72-66(77)65(76)71(103(79,96)97)67(78)69(72)81-68(51-20-7-5-8-21-51)52-22-9-6-10-23-52;25-20-17(12-7-13-19(30)31)23(22(27)24(21(20)26)34(28,32)33)29-14-18(15-8-3-1-4-9-15)16-10-5-2-6-11-16;2*1-4(2)3/h5-14,20-23,26-37,55,68,81H,15-19,24-25,38-49H2,1-4H3,(H5-,79,80,85,86,87,90,91,92,93,94,95,96,97);1-6,8-11,18,29H,7,12-14H2,(H,30,31)(H2,28,32,33);;/t55-;;;/m1.../s1. The second-order valence-electron chi connectivity index (χ2n) is 34.7. The average molecular weight is 2150 g/mol. The number of hydrogen-bond acceptors (Lipinski definition) is 26. The predicted molar refractivity (Wildman–Crippen MR) is 525 cm³/mol. The summed E-state index contributed by atoms with van der Waals surface area (Å²) in [6.07, 6.45) is 9.38. The van der Waals surface area contributed by atoms with Crippen LogP contribution in [0.25, 0.3) is 0 Å². The van der Waals surface area contributed by atoms with E-state index in [1.165, 1.54) is 0 Å². The average Bonchev–Trinajstić information content (AvgIpc) is 1.59. The zero-order valence-electron chi connectivity index (χ0n) is 78.7. The van der Waals surface area contributed by atoms with Crippen LogP contribution in [-0.2, 0) is 119 Å². The number of anilines is 3. The van der Waals surface area contributed by atoms with Crippen LogP contribution in [0.15, 0.2) is 256 Å². The highest BCUT2D eigenvalue weighted by molar-refractivity contribution is 7.91. The van der Waals surface area contributed by atoms with Gasteiger partial charge in [0.2, 0.25) is 31.6 Å². The Morgan fingerprint density at radius 2 is 1.08 bits per heavy atom. The summed E-state index contributed by atoms with van der Waals surface area (Å²) < 4.78 is 301. The zero-order chi connectivity index (χ0) is 107. The molecular weight excluding hydrogens is 2040 g/mol. The molecule has 2 heterocycles. The van der Waals surface area contributed by atoms with E-state index in [1.54, 1.807) is 84.9 Å². The molecule has 3 aliphatic rings. The van der Waals surface area contributed by atoms with E-state index in [4.69, 9.17) is 50.1 Å². The third-order valence-corrected chi connectivity index (χ3v) is 29.1. The number of halogens is 6. The SMILES string of the molecule is CC1(C)C(=CC=C2CCCC(C=CC3=[N+](CCCCS(=O)(=O)O)c4ccccc4C3(C)C)=C2Oc2ccc(C[C@H](CC(=O)CCOCCNC(=O)CCS(=O)(=O)c3c(F)c(F)c(S(N)(=O)=O)c(F)c3NC(c3ccccc3)c3ccccc3)C(=O)O)cc2)N(CCCCS(=O)(=O)[O-])c2ccccc21.NS(=O)(=O)c1c(F)c(F)c(CCCC(=O)O)c(NCC(c2ccccc2)c2ccccc2)c1F.O=S(=O)=O.O=S(=O)=O. The minimum Gasteiger partial charge on any atom is -0.748 e. The van der Waals surface area contributed by atoms with Gasteiger partial charge >= 0.3 is 33.2 Å². The van der Waals surface area contributed by atoms with Crippen molar-refractivity contribution >= 4 is 123 Å². The number of fused-ring (bicyclic) bond motifs is 2. The number of Topliss-reactive ketones (excluding diaryl/α,β-unsaturated/α-hetero) is 1. The molecule has 0 aromatic heterocycles. The van der Waals surface area contributed by atoms with Crippen molar-refractivity contribution in [3.8, 4) is 5.75 Å². The molecule has 1 atom stereocenters. The third-order valence-electron chi connectivity index (χ3n) is 23.9. The van der Waals surface area contributed by atoms with Crippen LogP contribution in [0.3, 0.4) is 0 Å². The molecule has 0 spiro atoms. The molecule has 0 bridgehead atoms. The van der Waals surface area contributed by atoms with Gasteiger partial charge in [0.05, 0.1) is 63.6 Å². The zero-order valence-corrected chi connectivity index (χ0v) is 84.4. The summed E-state index contributed by atoms with van der Waals surface area (Å²) in [5.41, 5.74) is 7.65. The molecule has 0 saturated heterocycles. The minimum absolute atomic E-state index is 0.00596. The lowest BCUT2D eigenvalue weighted by atomic mass is 9.81. The minimum atomic E-state index is -5.32. The number of rotatable bonds is 45. The van der Waals surface area contributed by atoms with Crippen LogP contribution in [0.5, 0.6) is 5.75 Å². The molecule has 778 valence electrons. The predicted octanol–water partition coefficient (Wildman–Crippen LogP) is 14.0. The molecule has 0 unspecified atom stereocenters. The lowest BCUT2D eigenvalue weighted by molar-refractivity contribution is -0.438. The number of nitrogens with two attached hydrogens (primary N) is 2. The van der Waals surface area contributed by atoms with Crippen LogP contribution >= 0.6 is 0 Å². The van der Waals surface area contributed by atoms with Gasteiger partial charge in [0.15, 0.2) is 60.2 Å². The Bertz CT molecular complexity index is 7150. The van der Waals surface area contributed by atoms with Gasteiger partial charge in [0, 0.05) is 103 Å². The van der Waals surface area contributed by atoms with E-state index < -0.39 is 202 Å². The Labute approximate surface area is 838 Å². The Morgan fingerprint density at radius 3 is 1.62 bits per heavy atom. The number of aliphatic carboxylic acids is 2. The number of carbonyl (C=O) groups is 4. The summed E-state index contributed by atoms with van der Waals surface area (Å²) in [5, 5.41) is 37.0. The molecule has 1 amide bonds. The van der Waals surface area contributed by atoms with Crippen molar-refractivity contribution in [3.05, 3.63) is 320 Å². The van der Waals surface area contributed by atoms with Crippen molar-refractivity contribution in [1.29, 1.82) is 0 Å². The lowest BCUT2D eigenvalue weighted by Gasteiger charge is -2.28. The van der Waals surface area contributed by atoms with Crippen molar-refractivity contribution in [3.63, 3.8) is 0 Å². The monoisotopic (exact) mass is 2150 g/mol. The highest BCUT2D eigenvalue weighted by Crippen LogP contribution is 2.49. The Hall–Kier alpha value is -12.7. The summed E-state index contributed by atoms with van der Waals surface area (Å²) in [7, 11) is -30.2. The van der Waals surface area contributed by atoms with Crippen LogP contribution in [0.2, 0.25) is 0 Å². The van der Waals surface area contributed by atoms with E-state index in [0.717, 1.165) is 62.6 Å². The van der Waals surface area contributed by atoms with Gasteiger partial charge in [-0.2, -0.15) is 13.0 Å².